The number of aromatic amines is 1. The first-order chi connectivity index (χ1) is 11.7. The van der Waals surface area contributed by atoms with Gasteiger partial charge in [0.2, 0.25) is 0 Å². The van der Waals surface area contributed by atoms with Crippen LogP contribution in [0.3, 0.4) is 0 Å². The van der Waals surface area contributed by atoms with E-state index in [-0.39, 0.29) is 17.8 Å². The zero-order valence-corrected chi connectivity index (χ0v) is 16.7. The van der Waals surface area contributed by atoms with Gasteiger partial charge in [0, 0.05) is 21.6 Å². The van der Waals surface area contributed by atoms with Gasteiger partial charge in [-0.15, -0.1) is 0 Å². The molecule has 2 fully saturated rings. The zero-order chi connectivity index (χ0) is 18.0. The average molecular weight is 406 g/mol. The van der Waals surface area contributed by atoms with Crippen molar-refractivity contribution in [1.29, 1.82) is 0 Å². The van der Waals surface area contributed by atoms with Crippen LogP contribution in [-0.4, -0.2) is 36.3 Å². The van der Waals surface area contributed by atoms with Crippen LogP contribution < -0.4 is 0 Å². The number of hydrogen-bond acceptors (Lipinski definition) is 4. The summed E-state index contributed by atoms with van der Waals surface area (Å²) in [6, 6.07) is 6.19. The number of hydrogen-bond donors (Lipinski definition) is 1. The molecule has 2 unspecified atom stereocenters. The molecule has 0 bridgehead atoms. The standard InChI is InChI=1S/C17H22B2BrNO4/c1-10-16(2,3)24-18(22-10)19-23-15(17(4,5)25-19)12-6-7-13-11(14(12)20)8-9-21-13/h6-10,15,21H,1-5H3. The second-order valence-corrected chi connectivity index (χ2v) is 8.67. The molecule has 25 heavy (non-hydrogen) atoms. The maximum atomic E-state index is 6.28. The van der Waals surface area contributed by atoms with Gasteiger partial charge in [-0.1, -0.05) is 6.07 Å². The third-order valence-corrected chi connectivity index (χ3v) is 6.15. The Morgan fingerprint density at radius 1 is 1.00 bits per heavy atom. The monoisotopic (exact) mass is 405 g/mol. The van der Waals surface area contributed by atoms with E-state index in [1.165, 1.54) is 0 Å². The van der Waals surface area contributed by atoms with Crippen LogP contribution in [-0.2, 0) is 18.6 Å². The number of fused-ring (bicyclic) bond motifs is 1. The molecule has 3 heterocycles. The fourth-order valence-electron chi connectivity index (χ4n) is 3.48. The van der Waals surface area contributed by atoms with Crippen molar-refractivity contribution in [3.63, 3.8) is 0 Å². The summed E-state index contributed by atoms with van der Waals surface area (Å²) in [4.78, 5) is 3.22. The minimum atomic E-state index is -0.557. The number of benzene rings is 1. The third kappa shape index (κ3) is 2.88. The van der Waals surface area contributed by atoms with Crippen LogP contribution in [0.1, 0.15) is 46.3 Å². The highest BCUT2D eigenvalue weighted by molar-refractivity contribution is 9.10. The second-order valence-electron chi connectivity index (χ2n) is 7.88. The van der Waals surface area contributed by atoms with Crippen LogP contribution >= 0.6 is 15.9 Å². The molecule has 4 rings (SSSR count). The smallest absolute Gasteiger partial charge is 0.408 e. The fraction of sp³-hybridized carbons (Fsp3) is 0.529. The Bertz CT molecular complexity index is 809. The molecule has 0 aliphatic carbocycles. The Kier molecular flexibility index (Phi) is 4.13. The highest BCUT2D eigenvalue weighted by Crippen LogP contribution is 2.45. The van der Waals surface area contributed by atoms with Crippen molar-refractivity contribution in [2.45, 2.75) is 58.0 Å². The summed E-state index contributed by atoms with van der Waals surface area (Å²) in [5.74, 6) is 0. The largest absolute Gasteiger partial charge is 0.489 e. The quantitative estimate of drug-likeness (QED) is 0.765. The lowest BCUT2D eigenvalue weighted by atomic mass is 9.49. The van der Waals surface area contributed by atoms with Gasteiger partial charge in [0.15, 0.2) is 0 Å². The van der Waals surface area contributed by atoms with Crippen LogP contribution in [0.25, 0.3) is 10.9 Å². The molecule has 0 spiro atoms. The van der Waals surface area contributed by atoms with E-state index in [2.05, 4.69) is 39.1 Å². The fourth-order valence-corrected chi connectivity index (χ4v) is 4.16. The van der Waals surface area contributed by atoms with Gasteiger partial charge in [-0.25, -0.2) is 0 Å². The van der Waals surface area contributed by atoms with Crippen LogP contribution in [0.15, 0.2) is 28.9 Å². The molecular formula is C17H22B2BrNO4. The van der Waals surface area contributed by atoms with E-state index in [1.807, 2.05) is 40.8 Å². The van der Waals surface area contributed by atoms with E-state index in [4.69, 9.17) is 18.6 Å². The lowest BCUT2D eigenvalue weighted by Crippen LogP contribution is -2.41. The normalized spacial score (nSPS) is 28.2. The Balaban J connectivity index is 1.63. The predicted molar refractivity (Wildman–Crippen MR) is 102 cm³/mol. The summed E-state index contributed by atoms with van der Waals surface area (Å²) in [6.07, 6.45) is 1.69. The highest BCUT2D eigenvalue weighted by atomic mass is 79.9. The number of aromatic nitrogens is 1. The maximum Gasteiger partial charge on any atom is 0.489 e. The molecule has 1 N–H and O–H groups in total. The first-order valence-corrected chi connectivity index (χ1v) is 9.40. The van der Waals surface area contributed by atoms with Crippen LogP contribution in [0.2, 0.25) is 0 Å². The molecule has 5 nitrogen and oxygen atoms in total. The van der Waals surface area contributed by atoms with E-state index < -0.39 is 19.6 Å². The first kappa shape index (κ1) is 17.6. The van der Waals surface area contributed by atoms with Crippen molar-refractivity contribution in [2.24, 2.45) is 0 Å². The molecule has 1 aromatic heterocycles. The van der Waals surface area contributed by atoms with E-state index >= 15 is 0 Å². The maximum absolute atomic E-state index is 6.28. The molecule has 2 atom stereocenters. The molecule has 0 saturated carbocycles. The molecular weight excluding hydrogens is 384 g/mol. The van der Waals surface area contributed by atoms with Crippen molar-refractivity contribution >= 4 is 40.9 Å². The molecule has 1 aromatic carbocycles. The molecule has 2 aromatic rings. The summed E-state index contributed by atoms with van der Waals surface area (Å²) in [6.45, 7) is 10.1. The van der Waals surface area contributed by atoms with Gasteiger partial charge in [-0.05, 0) is 68.2 Å². The van der Waals surface area contributed by atoms with Crippen LogP contribution in [0, 0.1) is 0 Å². The number of rotatable bonds is 2. The third-order valence-electron chi connectivity index (χ3n) is 5.26. The Hall–Kier alpha value is -0.790. The Labute approximate surface area is 157 Å². The summed E-state index contributed by atoms with van der Waals surface area (Å²) in [5.41, 5.74) is 1.29. The summed E-state index contributed by atoms with van der Waals surface area (Å²) in [7, 11) is -1.08. The Morgan fingerprint density at radius 2 is 1.68 bits per heavy atom. The Morgan fingerprint density at radius 3 is 2.36 bits per heavy atom. The highest BCUT2D eigenvalue weighted by Gasteiger charge is 2.59. The lowest BCUT2D eigenvalue weighted by molar-refractivity contribution is 0.0722. The van der Waals surface area contributed by atoms with Crippen molar-refractivity contribution in [2.75, 3.05) is 0 Å². The molecule has 2 saturated heterocycles. The van der Waals surface area contributed by atoms with Crippen molar-refractivity contribution in [3.05, 3.63) is 34.4 Å². The van der Waals surface area contributed by atoms with Gasteiger partial charge >= 0.3 is 14.0 Å². The topological polar surface area (TPSA) is 52.7 Å². The van der Waals surface area contributed by atoms with E-state index in [0.717, 1.165) is 20.9 Å². The van der Waals surface area contributed by atoms with Crippen molar-refractivity contribution in [3.8, 4) is 0 Å². The van der Waals surface area contributed by atoms with E-state index in [0.29, 0.717) is 0 Å². The summed E-state index contributed by atoms with van der Waals surface area (Å²) in [5, 5.41) is 1.13. The van der Waals surface area contributed by atoms with Crippen LogP contribution in [0.5, 0.6) is 0 Å². The van der Waals surface area contributed by atoms with Gasteiger partial charge in [0.1, 0.15) is 0 Å². The van der Waals surface area contributed by atoms with E-state index in [9.17, 15) is 0 Å². The average Bonchev–Trinajstić information content (AvgIpc) is 3.17. The van der Waals surface area contributed by atoms with Gasteiger partial charge in [0.25, 0.3) is 0 Å². The predicted octanol–water partition coefficient (Wildman–Crippen LogP) is 4.07. The van der Waals surface area contributed by atoms with Gasteiger partial charge in [-0.3, -0.25) is 0 Å². The zero-order valence-electron chi connectivity index (χ0n) is 15.1. The SMILES string of the molecule is CC1OB(B2OC(c3ccc4[nH]ccc4c3Br)C(C)(C)O2)OC1(C)C. The first-order valence-electron chi connectivity index (χ1n) is 8.61. The molecule has 8 heteroatoms. The van der Waals surface area contributed by atoms with Gasteiger partial charge in [-0.2, -0.15) is 0 Å². The second kappa shape index (κ2) is 5.86. The number of nitrogens with one attached hydrogen (secondary N) is 1. The molecule has 2 aliphatic rings. The summed E-state index contributed by atoms with van der Waals surface area (Å²) < 4.78 is 25.5. The van der Waals surface area contributed by atoms with E-state index in [1.54, 1.807) is 0 Å². The number of H-pyrrole nitrogens is 1. The van der Waals surface area contributed by atoms with Crippen molar-refractivity contribution in [1.82, 2.24) is 4.98 Å². The molecule has 0 radical (unpaired) electrons. The minimum absolute atomic E-state index is 0.0187. The molecule has 0 amide bonds. The molecule has 2 aliphatic heterocycles. The van der Waals surface area contributed by atoms with Gasteiger partial charge < -0.3 is 23.6 Å². The van der Waals surface area contributed by atoms with Crippen LogP contribution in [0.4, 0.5) is 0 Å². The lowest BCUT2D eigenvalue weighted by Gasteiger charge is -2.26. The number of halogens is 1. The minimum Gasteiger partial charge on any atom is -0.408 e. The van der Waals surface area contributed by atoms with Crippen molar-refractivity contribution < 1.29 is 18.6 Å². The molecule has 132 valence electrons. The van der Waals surface area contributed by atoms with Gasteiger partial charge in [0.05, 0.1) is 23.4 Å². The summed E-state index contributed by atoms with van der Waals surface area (Å²) >= 11 is 3.74.